The highest BCUT2D eigenvalue weighted by molar-refractivity contribution is 5.96. The molecule has 1 fully saturated rings. The van der Waals surface area contributed by atoms with Crippen molar-refractivity contribution in [3.8, 4) is 11.5 Å². The Kier molecular flexibility index (Phi) is 4.23. The molecule has 0 radical (unpaired) electrons. The van der Waals surface area contributed by atoms with Crippen molar-refractivity contribution in [1.29, 1.82) is 0 Å². The molecule has 1 unspecified atom stereocenters. The van der Waals surface area contributed by atoms with E-state index in [0.717, 1.165) is 5.69 Å². The predicted molar refractivity (Wildman–Crippen MR) is 83.7 cm³/mol. The minimum atomic E-state index is -0.131. The Morgan fingerprint density at radius 2 is 2.22 bits per heavy atom. The molecule has 1 atom stereocenters. The third-order valence-electron chi connectivity index (χ3n) is 3.84. The number of carbonyl (C=O) groups is 2. The molecule has 3 rings (SSSR count). The van der Waals surface area contributed by atoms with Crippen molar-refractivity contribution in [3.05, 3.63) is 48.3 Å². The van der Waals surface area contributed by atoms with Crippen LogP contribution in [0.4, 0.5) is 5.69 Å². The number of phenolic OH excluding ortho intramolecular Hbond substituents is 1. The number of anilines is 1. The molecule has 0 spiro atoms. The van der Waals surface area contributed by atoms with Crippen LogP contribution in [0.1, 0.15) is 23.2 Å². The minimum Gasteiger partial charge on any atom is -0.507 e. The molecule has 2 heterocycles. The van der Waals surface area contributed by atoms with Crippen molar-refractivity contribution >= 4 is 17.9 Å². The highest BCUT2D eigenvalue weighted by Crippen LogP contribution is 2.29. The number of pyridine rings is 1. The molecule has 1 aliphatic rings. The van der Waals surface area contributed by atoms with Gasteiger partial charge in [0.05, 0.1) is 23.5 Å². The molecule has 118 valence electrons. The summed E-state index contributed by atoms with van der Waals surface area (Å²) < 4.78 is 5.69. The molecule has 1 saturated heterocycles. The lowest BCUT2D eigenvalue weighted by Gasteiger charge is -2.24. The molecule has 1 N–H and O–H groups in total. The summed E-state index contributed by atoms with van der Waals surface area (Å²) in [6.45, 7) is 0.241. The fourth-order valence-electron chi connectivity index (χ4n) is 2.71. The van der Waals surface area contributed by atoms with Gasteiger partial charge >= 0.3 is 0 Å². The first-order valence-corrected chi connectivity index (χ1v) is 7.32. The van der Waals surface area contributed by atoms with Gasteiger partial charge in [0.15, 0.2) is 6.29 Å². The average molecular weight is 312 g/mol. The molecule has 6 nitrogen and oxygen atoms in total. The van der Waals surface area contributed by atoms with E-state index in [-0.39, 0.29) is 29.9 Å². The largest absolute Gasteiger partial charge is 0.507 e. The number of amides is 1. The predicted octanol–water partition coefficient (Wildman–Crippen LogP) is 2.17. The Morgan fingerprint density at radius 3 is 2.96 bits per heavy atom. The standard InChI is InChI=1S/C17H16N2O4/c20-10-14-15(21)4-1-5-16(14)23-11-13-6-7-17(22)19(13)12-3-2-8-18-9-12/h1-5,8-10,13,21H,6-7,11H2. The van der Waals surface area contributed by atoms with Crippen molar-refractivity contribution in [1.82, 2.24) is 4.98 Å². The number of carbonyl (C=O) groups excluding carboxylic acids is 2. The number of benzene rings is 1. The number of ether oxygens (including phenoxy) is 1. The molecule has 1 amide bonds. The first-order chi connectivity index (χ1) is 11.2. The Bertz CT molecular complexity index is 718. The minimum absolute atomic E-state index is 0.0260. The van der Waals surface area contributed by atoms with Crippen LogP contribution >= 0.6 is 0 Å². The number of rotatable bonds is 5. The van der Waals surface area contributed by atoms with Gasteiger partial charge in [0.2, 0.25) is 5.91 Å². The summed E-state index contributed by atoms with van der Waals surface area (Å²) in [6.07, 6.45) is 4.97. The van der Waals surface area contributed by atoms with E-state index in [2.05, 4.69) is 4.98 Å². The van der Waals surface area contributed by atoms with Gasteiger partial charge in [-0.1, -0.05) is 6.07 Å². The summed E-state index contributed by atoms with van der Waals surface area (Å²) in [5, 5.41) is 9.67. The van der Waals surface area contributed by atoms with Gasteiger partial charge in [0, 0.05) is 12.6 Å². The molecular weight excluding hydrogens is 296 g/mol. The maximum Gasteiger partial charge on any atom is 0.227 e. The topological polar surface area (TPSA) is 79.7 Å². The highest BCUT2D eigenvalue weighted by Gasteiger charge is 2.32. The maximum absolute atomic E-state index is 12.1. The molecule has 0 bridgehead atoms. The smallest absolute Gasteiger partial charge is 0.227 e. The summed E-state index contributed by atoms with van der Waals surface area (Å²) in [7, 11) is 0. The zero-order chi connectivity index (χ0) is 16.2. The van der Waals surface area contributed by atoms with Crippen molar-refractivity contribution < 1.29 is 19.4 Å². The van der Waals surface area contributed by atoms with Crippen molar-refractivity contribution in [3.63, 3.8) is 0 Å². The Labute approximate surface area is 133 Å². The van der Waals surface area contributed by atoms with Crippen LogP contribution in [0.25, 0.3) is 0 Å². The first kappa shape index (κ1) is 15.0. The van der Waals surface area contributed by atoms with Crippen molar-refractivity contribution in [2.45, 2.75) is 18.9 Å². The van der Waals surface area contributed by atoms with Crippen LogP contribution in [0.2, 0.25) is 0 Å². The molecule has 1 aromatic carbocycles. The van der Waals surface area contributed by atoms with Gasteiger partial charge in [0.1, 0.15) is 18.1 Å². The molecule has 23 heavy (non-hydrogen) atoms. The SMILES string of the molecule is O=Cc1c(O)cccc1OCC1CCC(=O)N1c1cccnc1. The lowest BCUT2D eigenvalue weighted by molar-refractivity contribution is -0.117. The summed E-state index contributed by atoms with van der Waals surface area (Å²) in [4.78, 5) is 28.9. The molecular formula is C17H16N2O4. The van der Waals surface area contributed by atoms with Gasteiger partial charge in [0.25, 0.3) is 0 Å². The van der Waals surface area contributed by atoms with Crippen LogP contribution in [0.5, 0.6) is 11.5 Å². The second kappa shape index (κ2) is 6.48. The van der Waals surface area contributed by atoms with E-state index in [1.54, 1.807) is 35.5 Å². The van der Waals surface area contributed by atoms with Crippen LogP contribution < -0.4 is 9.64 Å². The van der Waals surface area contributed by atoms with E-state index in [1.807, 2.05) is 6.07 Å². The summed E-state index contributed by atoms with van der Waals surface area (Å²) in [6, 6.07) is 8.13. The number of hydrogen-bond acceptors (Lipinski definition) is 5. The first-order valence-electron chi connectivity index (χ1n) is 7.32. The number of aromatic nitrogens is 1. The quantitative estimate of drug-likeness (QED) is 0.856. The lowest BCUT2D eigenvalue weighted by Crippen LogP contribution is -2.37. The number of aldehydes is 1. The van der Waals surface area contributed by atoms with Crippen LogP contribution in [0.3, 0.4) is 0 Å². The normalized spacial score (nSPS) is 17.3. The number of aromatic hydroxyl groups is 1. The van der Waals surface area contributed by atoms with Crippen molar-refractivity contribution in [2.24, 2.45) is 0 Å². The molecule has 0 aliphatic carbocycles. The molecule has 0 saturated carbocycles. The Hall–Kier alpha value is -2.89. The second-order valence-electron chi connectivity index (χ2n) is 5.29. The second-order valence-corrected chi connectivity index (χ2v) is 5.29. The van der Waals surface area contributed by atoms with E-state index in [1.165, 1.54) is 6.07 Å². The lowest BCUT2D eigenvalue weighted by atomic mass is 10.2. The van der Waals surface area contributed by atoms with Crippen molar-refractivity contribution in [2.75, 3.05) is 11.5 Å². The number of hydrogen-bond donors (Lipinski definition) is 1. The van der Waals surface area contributed by atoms with E-state index >= 15 is 0 Å². The Morgan fingerprint density at radius 1 is 1.35 bits per heavy atom. The van der Waals surface area contributed by atoms with Crippen LogP contribution in [0.15, 0.2) is 42.7 Å². The van der Waals surface area contributed by atoms with E-state index in [0.29, 0.717) is 24.9 Å². The molecule has 6 heteroatoms. The van der Waals surface area contributed by atoms with Crippen LogP contribution in [-0.2, 0) is 4.79 Å². The van der Waals surface area contributed by atoms with E-state index < -0.39 is 0 Å². The van der Waals surface area contributed by atoms with E-state index in [9.17, 15) is 14.7 Å². The average Bonchev–Trinajstić information content (AvgIpc) is 2.94. The molecule has 1 aromatic heterocycles. The van der Waals surface area contributed by atoms with Crippen LogP contribution in [-0.4, -0.2) is 34.9 Å². The fraction of sp³-hybridized carbons (Fsp3) is 0.235. The summed E-state index contributed by atoms with van der Waals surface area (Å²) >= 11 is 0. The number of nitrogens with zero attached hydrogens (tertiary/aromatic N) is 2. The summed E-state index contributed by atoms with van der Waals surface area (Å²) in [5.41, 5.74) is 0.847. The van der Waals surface area contributed by atoms with Crippen LogP contribution in [0, 0.1) is 0 Å². The van der Waals surface area contributed by atoms with E-state index in [4.69, 9.17) is 4.74 Å². The summed E-state index contributed by atoms with van der Waals surface area (Å²) in [5.74, 6) is 0.215. The van der Waals surface area contributed by atoms with Gasteiger partial charge in [-0.15, -0.1) is 0 Å². The maximum atomic E-state index is 12.1. The monoisotopic (exact) mass is 312 g/mol. The fourth-order valence-corrected chi connectivity index (χ4v) is 2.71. The Balaban J connectivity index is 1.76. The van der Waals surface area contributed by atoms with Gasteiger partial charge in [-0.25, -0.2) is 0 Å². The third-order valence-corrected chi connectivity index (χ3v) is 3.84. The van der Waals surface area contributed by atoms with Gasteiger partial charge in [-0.2, -0.15) is 0 Å². The molecule has 1 aliphatic heterocycles. The third kappa shape index (κ3) is 3.01. The molecule has 2 aromatic rings. The zero-order valence-corrected chi connectivity index (χ0v) is 12.4. The zero-order valence-electron chi connectivity index (χ0n) is 12.4. The number of phenols is 1. The van der Waals surface area contributed by atoms with Gasteiger partial charge in [-0.05, 0) is 30.7 Å². The van der Waals surface area contributed by atoms with Gasteiger partial charge < -0.3 is 14.7 Å². The van der Waals surface area contributed by atoms with Gasteiger partial charge in [-0.3, -0.25) is 14.6 Å². The highest BCUT2D eigenvalue weighted by atomic mass is 16.5.